The van der Waals surface area contributed by atoms with Gasteiger partial charge < -0.3 is 14.2 Å². The van der Waals surface area contributed by atoms with Gasteiger partial charge in [-0.3, -0.25) is 9.59 Å². The third-order valence-electron chi connectivity index (χ3n) is 5.24. The first kappa shape index (κ1) is 18.2. The summed E-state index contributed by atoms with van der Waals surface area (Å²) in [7, 11) is 2.79. The number of rotatable bonds is 4. The molecule has 2 aromatic carbocycles. The Hall–Kier alpha value is -3.19. The van der Waals surface area contributed by atoms with Gasteiger partial charge in [-0.1, -0.05) is 30.3 Å². The van der Waals surface area contributed by atoms with Crippen LogP contribution in [0.25, 0.3) is 0 Å². The molecule has 2 aliphatic heterocycles. The molecule has 4 unspecified atom stereocenters. The van der Waals surface area contributed by atoms with E-state index >= 15 is 0 Å². The van der Waals surface area contributed by atoms with E-state index in [-0.39, 0.29) is 5.91 Å². The van der Waals surface area contributed by atoms with Gasteiger partial charge in [-0.2, -0.15) is 0 Å². The van der Waals surface area contributed by atoms with Crippen LogP contribution in [0.3, 0.4) is 0 Å². The lowest BCUT2D eigenvalue weighted by molar-refractivity contribution is -0.157. The van der Waals surface area contributed by atoms with Gasteiger partial charge in [-0.15, -0.1) is 0 Å². The Morgan fingerprint density at radius 1 is 0.929 bits per heavy atom. The second-order valence-corrected chi connectivity index (χ2v) is 6.67. The summed E-state index contributed by atoms with van der Waals surface area (Å²) < 4.78 is 15.9. The fourth-order valence-electron chi connectivity index (χ4n) is 3.91. The Morgan fingerprint density at radius 3 is 2.18 bits per heavy atom. The Labute approximate surface area is 161 Å². The minimum atomic E-state index is -1.13. The Bertz CT molecular complexity index is 910. The van der Waals surface area contributed by atoms with Crippen LogP contribution in [0.2, 0.25) is 0 Å². The number of fused-ring (bicyclic) bond motifs is 1. The molecule has 2 aliphatic rings. The van der Waals surface area contributed by atoms with E-state index in [0.717, 1.165) is 4.90 Å². The average molecular weight is 381 g/mol. The number of ether oxygens (including phenoxy) is 3. The molecule has 0 saturated carbocycles. The van der Waals surface area contributed by atoms with E-state index in [1.807, 2.05) is 0 Å². The van der Waals surface area contributed by atoms with Crippen LogP contribution < -0.4 is 9.64 Å². The minimum absolute atomic E-state index is 0.381. The molecule has 0 aromatic heterocycles. The molecule has 2 heterocycles. The number of esters is 1. The molecule has 144 valence electrons. The third kappa shape index (κ3) is 2.75. The largest absolute Gasteiger partial charge is 0.497 e. The molecule has 4 atom stereocenters. The maximum atomic E-state index is 13.2. The first-order chi connectivity index (χ1) is 13.6. The summed E-state index contributed by atoms with van der Waals surface area (Å²) in [4.78, 5) is 39.7. The van der Waals surface area contributed by atoms with Crippen LogP contribution in [0.4, 0.5) is 5.69 Å². The van der Waals surface area contributed by atoms with Crippen LogP contribution in [0.5, 0.6) is 5.75 Å². The van der Waals surface area contributed by atoms with E-state index in [4.69, 9.17) is 14.2 Å². The number of methoxy groups -OCH3 is 2. The van der Waals surface area contributed by atoms with Crippen molar-refractivity contribution in [2.45, 2.75) is 12.2 Å². The van der Waals surface area contributed by atoms with Gasteiger partial charge in [0.25, 0.3) is 0 Å². The number of anilines is 1. The van der Waals surface area contributed by atoms with Crippen molar-refractivity contribution in [2.24, 2.45) is 11.8 Å². The van der Waals surface area contributed by atoms with E-state index < -0.39 is 35.9 Å². The van der Waals surface area contributed by atoms with Gasteiger partial charge in [0.1, 0.15) is 5.75 Å². The number of carbonyl (C=O) groups is 3. The van der Waals surface area contributed by atoms with Gasteiger partial charge in [0.2, 0.25) is 11.8 Å². The lowest BCUT2D eigenvalue weighted by Crippen LogP contribution is -2.38. The fourth-order valence-corrected chi connectivity index (χ4v) is 3.91. The molecule has 0 spiro atoms. The SMILES string of the molecule is COC(=O)C1OC(c2ccc(OC)cc2)C2C(=O)N(c3ccccc3)C(=O)C12. The Kier molecular flexibility index (Phi) is 4.60. The van der Waals surface area contributed by atoms with Crippen molar-refractivity contribution in [1.82, 2.24) is 0 Å². The number of nitrogens with zero attached hydrogens (tertiary/aromatic N) is 1. The second kappa shape index (κ2) is 7.09. The smallest absolute Gasteiger partial charge is 0.335 e. The van der Waals surface area contributed by atoms with E-state index in [2.05, 4.69) is 0 Å². The quantitative estimate of drug-likeness (QED) is 0.596. The molecule has 0 aliphatic carbocycles. The first-order valence-corrected chi connectivity index (χ1v) is 8.87. The zero-order valence-corrected chi connectivity index (χ0v) is 15.4. The van der Waals surface area contributed by atoms with Gasteiger partial charge in [-0.05, 0) is 29.8 Å². The molecule has 7 heteroatoms. The molecule has 0 N–H and O–H groups in total. The predicted octanol–water partition coefficient (Wildman–Crippen LogP) is 2.11. The number of para-hydroxylation sites is 1. The normalized spacial score (nSPS) is 26.3. The zero-order chi connectivity index (χ0) is 19.8. The zero-order valence-electron chi connectivity index (χ0n) is 15.4. The van der Waals surface area contributed by atoms with Crippen LogP contribution in [-0.2, 0) is 23.9 Å². The van der Waals surface area contributed by atoms with Gasteiger partial charge in [-0.25, -0.2) is 9.69 Å². The summed E-state index contributed by atoms with van der Waals surface area (Å²) in [6.45, 7) is 0. The molecular formula is C21H19NO6. The molecule has 7 nitrogen and oxygen atoms in total. The van der Waals surface area contributed by atoms with Crippen molar-refractivity contribution in [3.8, 4) is 5.75 Å². The summed E-state index contributed by atoms with van der Waals surface area (Å²) in [5, 5.41) is 0. The number of benzene rings is 2. The maximum absolute atomic E-state index is 13.2. The van der Waals surface area contributed by atoms with Crippen molar-refractivity contribution in [1.29, 1.82) is 0 Å². The number of amides is 2. The van der Waals surface area contributed by atoms with Gasteiger partial charge >= 0.3 is 5.97 Å². The molecule has 4 rings (SSSR count). The van der Waals surface area contributed by atoms with Crippen molar-refractivity contribution in [3.63, 3.8) is 0 Å². The van der Waals surface area contributed by atoms with Crippen molar-refractivity contribution < 1.29 is 28.6 Å². The number of carbonyl (C=O) groups excluding carboxylic acids is 3. The monoisotopic (exact) mass is 381 g/mol. The Morgan fingerprint density at radius 2 is 1.57 bits per heavy atom. The van der Waals surface area contributed by atoms with E-state index in [1.165, 1.54) is 7.11 Å². The molecular weight excluding hydrogens is 362 g/mol. The number of hydrogen-bond donors (Lipinski definition) is 0. The van der Waals surface area contributed by atoms with Gasteiger partial charge in [0.05, 0.1) is 37.8 Å². The van der Waals surface area contributed by atoms with Crippen LogP contribution in [-0.4, -0.2) is 38.1 Å². The highest BCUT2D eigenvalue weighted by Crippen LogP contribution is 2.49. The third-order valence-corrected chi connectivity index (χ3v) is 5.24. The highest BCUT2D eigenvalue weighted by molar-refractivity contribution is 6.23. The van der Waals surface area contributed by atoms with Crippen LogP contribution in [0, 0.1) is 11.8 Å². The summed E-state index contributed by atoms with van der Waals surface area (Å²) in [6, 6.07) is 15.7. The topological polar surface area (TPSA) is 82.1 Å². The average Bonchev–Trinajstić information content (AvgIpc) is 3.25. The van der Waals surface area contributed by atoms with Gasteiger partial charge in [0, 0.05) is 0 Å². The standard InChI is InChI=1S/C21H19NO6/c1-26-14-10-8-12(9-11-14)17-15-16(18(28-17)21(25)27-2)20(24)22(19(15)23)13-6-4-3-5-7-13/h3-11,15-18H,1-2H3. The summed E-state index contributed by atoms with van der Waals surface area (Å²) in [5.74, 6) is -2.57. The van der Waals surface area contributed by atoms with E-state index in [9.17, 15) is 14.4 Å². The van der Waals surface area contributed by atoms with Crippen LogP contribution in [0.1, 0.15) is 11.7 Å². The maximum Gasteiger partial charge on any atom is 0.335 e. The van der Waals surface area contributed by atoms with Crippen LogP contribution in [0.15, 0.2) is 54.6 Å². The predicted molar refractivity (Wildman–Crippen MR) is 98.5 cm³/mol. The lowest BCUT2D eigenvalue weighted by Gasteiger charge is -2.21. The first-order valence-electron chi connectivity index (χ1n) is 8.87. The molecule has 2 saturated heterocycles. The Balaban J connectivity index is 1.75. The highest BCUT2D eigenvalue weighted by atomic mass is 16.6. The molecule has 2 amide bonds. The van der Waals surface area contributed by atoms with E-state index in [1.54, 1.807) is 61.7 Å². The lowest BCUT2D eigenvalue weighted by atomic mass is 9.86. The number of imide groups is 1. The summed E-state index contributed by atoms with van der Waals surface area (Å²) >= 11 is 0. The summed E-state index contributed by atoms with van der Waals surface area (Å²) in [6.07, 6.45) is -1.86. The molecule has 0 bridgehead atoms. The van der Waals surface area contributed by atoms with Crippen LogP contribution >= 0.6 is 0 Å². The van der Waals surface area contributed by atoms with Crippen molar-refractivity contribution in [3.05, 3.63) is 60.2 Å². The van der Waals surface area contributed by atoms with E-state index in [0.29, 0.717) is 17.0 Å². The molecule has 28 heavy (non-hydrogen) atoms. The summed E-state index contributed by atoms with van der Waals surface area (Å²) in [5.41, 5.74) is 1.17. The molecule has 2 fully saturated rings. The highest BCUT2D eigenvalue weighted by Gasteiger charge is 2.62. The van der Waals surface area contributed by atoms with Crippen molar-refractivity contribution >= 4 is 23.5 Å². The number of hydrogen-bond acceptors (Lipinski definition) is 6. The second-order valence-electron chi connectivity index (χ2n) is 6.67. The fraction of sp³-hybridized carbons (Fsp3) is 0.286. The minimum Gasteiger partial charge on any atom is -0.497 e. The molecule has 2 aromatic rings. The molecule has 0 radical (unpaired) electrons. The van der Waals surface area contributed by atoms with Gasteiger partial charge in [0.15, 0.2) is 6.10 Å². The van der Waals surface area contributed by atoms with Crippen molar-refractivity contribution in [2.75, 3.05) is 19.1 Å².